The van der Waals surface area contributed by atoms with Crippen molar-refractivity contribution in [2.45, 2.75) is 39.3 Å². The lowest BCUT2D eigenvalue weighted by atomic mass is 10.1. The number of aromatic nitrogens is 5. The minimum Gasteiger partial charge on any atom is -0.347 e. The van der Waals surface area contributed by atoms with Gasteiger partial charge in [0.25, 0.3) is 5.91 Å². The zero-order chi connectivity index (χ0) is 20.8. The fraction of sp³-hybridized carbons (Fsp3) is 0.273. The van der Waals surface area contributed by atoms with Gasteiger partial charge in [0.05, 0.1) is 27.3 Å². The predicted octanol–water partition coefficient (Wildman–Crippen LogP) is 3.63. The highest BCUT2D eigenvalue weighted by Crippen LogP contribution is 2.24. The van der Waals surface area contributed by atoms with Crippen LogP contribution in [0.1, 0.15) is 34.0 Å². The largest absolute Gasteiger partial charge is 0.347 e. The van der Waals surface area contributed by atoms with Crippen molar-refractivity contribution < 1.29 is 4.79 Å². The normalized spacial score (nSPS) is 15.9. The summed E-state index contributed by atoms with van der Waals surface area (Å²) in [5.74, 6) is 1.58. The predicted molar refractivity (Wildman–Crippen MR) is 115 cm³/mol. The van der Waals surface area contributed by atoms with Crippen molar-refractivity contribution in [3.05, 3.63) is 70.5 Å². The molecule has 1 amide bonds. The van der Waals surface area contributed by atoms with E-state index in [2.05, 4.69) is 45.1 Å². The molecular weight excluding hydrogens is 400 g/mol. The summed E-state index contributed by atoms with van der Waals surface area (Å²) >= 11 is 6.42. The molecule has 0 spiro atoms. The number of carbonyl (C=O) groups excluding carboxylic acids is 1. The van der Waals surface area contributed by atoms with Crippen molar-refractivity contribution in [3.8, 4) is 5.69 Å². The highest BCUT2D eigenvalue weighted by atomic mass is 35.5. The maximum absolute atomic E-state index is 12.9. The second-order valence-corrected chi connectivity index (χ2v) is 8.15. The molecule has 0 aliphatic carbocycles. The van der Waals surface area contributed by atoms with Crippen LogP contribution >= 0.6 is 11.6 Å². The van der Waals surface area contributed by atoms with Gasteiger partial charge in [0.15, 0.2) is 0 Å². The van der Waals surface area contributed by atoms with E-state index < -0.39 is 0 Å². The maximum atomic E-state index is 12.9. The number of amides is 1. The number of fused-ring (bicyclic) bond motifs is 3. The Morgan fingerprint density at radius 1 is 1.20 bits per heavy atom. The van der Waals surface area contributed by atoms with Crippen LogP contribution in [0.2, 0.25) is 5.02 Å². The third-order valence-corrected chi connectivity index (χ3v) is 5.82. The lowest BCUT2D eigenvalue weighted by Gasteiger charge is -2.25. The molecule has 0 saturated heterocycles. The summed E-state index contributed by atoms with van der Waals surface area (Å²) in [4.78, 5) is 21.8. The summed E-state index contributed by atoms with van der Waals surface area (Å²) in [5.41, 5.74) is 4.54. The molecule has 1 aliphatic heterocycles. The fourth-order valence-corrected chi connectivity index (χ4v) is 4.24. The zero-order valence-electron chi connectivity index (χ0n) is 16.8. The van der Waals surface area contributed by atoms with Gasteiger partial charge in [-0.15, -0.1) is 0 Å². The van der Waals surface area contributed by atoms with Crippen LogP contribution in [-0.2, 0) is 13.0 Å². The summed E-state index contributed by atoms with van der Waals surface area (Å²) in [6, 6.07) is 11.6. The van der Waals surface area contributed by atoms with Crippen LogP contribution in [0.15, 0.2) is 42.7 Å². The molecule has 3 heterocycles. The van der Waals surface area contributed by atoms with Crippen LogP contribution in [0.5, 0.6) is 0 Å². The van der Waals surface area contributed by atoms with Crippen molar-refractivity contribution >= 4 is 28.5 Å². The summed E-state index contributed by atoms with van der Waals surface area (Å²) < 4.78 is 3.85. The number of aryl methyl sites for hydroxylation is 3. The van der Waals surface area contributed by atoms with Crippen LogP contribution in [0.25, 0.3) is 16.7 Å². The number of hydrogen-bond acceptors (Lipinski definition) is 4. The molecule has 1 unspecified atom stereocenters. The Labute approximate surface area is 178 Å². The van der Waals surface area contributed by atoms with Gasteiger partial charge in [0.1, 0.15) is 18.0 Å². The van der Waals surface area contributed by atoms with Gasteiger partial charge in [0, 0.05) is 19.0 Å². The Morgan fingerprint density at radius 2 is 2.07 bits per heavy atom. The molecule has 1 N–H and O–H groups in total. The van der Waals surface area contributed by atoms with E-state index in [0.717, 1.165) is 35.4 Å². The molecule has 4 aromatic rings. The highest BCUT2D eigenvalue weighted by molar-refractivity contribution is 6.34. The van der Waals surface area contributed by atoms with E-state index in [1.807, 2.05) is 13.0 Å². The molecule has 2 aromatic heterocycles. The number of rotatable bonds is 3. The van der Waals surface area contributed by atoms with Gasteiger partial charge >= 0.3 is 0 Å². The number of halogens is 1. The lowest BCUT2D eigenvalue weighted by Crippen LogP contribution is -2.41. The standard InChI is InChI=1S/C22H21ClN6O/c1-13-3-7-20-19(9-13)26-21-8-4-15(11-28(20)21)25-22(30)17-6-5-16(10-18(17)23)29-12-24-14(2)27-29/h3,5-7,9-10,12,15H,4,8,11H2,1-2H3,(H,25,30). The number of carbonyl (C=O) groups is 1. The van der Waals surface area contributed by atoms with Crippen LogP contribution < -0.4 is 5.32 Å². The molecule has 0 radical (unpaired) electrons. The first kappa shape index (κ1) is 18.8. The van der Waals surface area contributed by atoms with Gasteiger partial charge in [-0.05, 0) is 56.2 Å². The molecule has 5 rings (SSSR count). The van der Waals surface area contributed by atoms with Crippen molar-refractivity contribution in [2.75, 3.05) is 0 Å². The van der Waals surface area contributed by atoms with E-state index in [4.69, 9.17) is 16.6 Å². The zero-order valence-corrected chi connectivity index (χ0v) is 17.5. The van der Waals surface area contributed by atoms with Crippen molar-refractivity contribution in [2.24, 2.45) is 0 Å². The number of imidazole rings is 1. The summed E-state index contributed by atoms with van der Waals surface area (Å²) in [6.07, 6.45) is 3.30. The van der Waals surface area contributed by atoms with E-state index in [1.54, 1.807) is 23.1 Å². The van der Waals surface area contributed by atoms with Gasteiger partial charge in [-0.1, -0.05) is 17.7 Å². The molecule has 2 aromatic carbocycles. The van der Waals surface area contributed by atoms with Gasteiger partial charge in [-0.25, -0.2) is 14.6 Å². The van der Waals surface area contributed by atoms with Gasteiger partial charge in [-0.2, -0.15) is 5.10 Å². The quantitative estimate of drug-likeness (QED) is 0.549. The third kappa shape index (κ3) is 3.35. The molecule has 0 saturated carbocycles. The van der Waals surface area contributed by atoms with Crippen LogP contribution in [-0.4, -0.2) is 36.3 Å². The highest BCUT2D eigenvalue weighted by Gasteiger charge is 2.24. The molecule has 8 heteroatoms. The second kappa shape index (κ2) is 7.25. The van der Waals surface area contributed by atoms with Crippen molar-refractivity contribution in [1.82, 2.24) is 29.6 Å². The maximum Gasteiger partial charge on any atom is 0.253 e. The van der Waals surface area contributed by atoms with E-state index in [-0.39, 0.29) is 11.9 Å². The topological polar surface area (TPSA) is 77.6 Å². The Bertz CT molecular complexity index is 1270. The smallest absolute Gasteiger partial charge is 0.253 e. The van der Waals surface area contributed by atoms with Gasteiger partial charge in [0.2, 0.25) is 0 Å². The van der Waals surface area contributed by atoms with Crippen LogP contribution in [0.3, 0.4) is 0 Å². The van der Waals surface area contributed by atoms with E-state index in [0.29, 0.717) is 23.0 Å². The Kier molecular flexibility index (Phi) is 4.55. The minimum atomic E-state index is -0.171. The van der Waals surface area contributed by atoms with Gasteiger partial charge in [-0.3, -0.25) is 4.79 Å². The SMILES string of the molecule is Cc1ccc2c(c1)nc1n2CC(NC(=O)c2ccc(-n3cnc(C)n3)cc2Cl)CC1. The molecule has 30 heavy (non-hydrogen) atoms. The first-order valence-electron chi connectivity index (χ1n) is 9.93. The number of nitrogens with one attached hydrogen (secondary N) is 1. The summed E-state index contributed by atoms with van der Waals surface area (Å²) in [6.45, 7) is 4.59. The van der Waals surface area contributed by atoms with E-state index in [1.165, 1.54) is 5.56 Å². The fourth-order valence-electron chi connectivity index (χ4n) is 3.98. The summed E-state index contributed by atoms with van der Waals surface area (Å²) in [5, 5.41) is 7.80. The molecule has 0 fully saturated rings. The van der Waals surface area contributed by atoms with Crippen molar-refractivity contribution in [1.29, 1.82) is 0 Å². The average molecular weight is 421 g/mol. The second-order valence-electron chi connectivity index (χ2n) is 7.74. The van der Waals surface area contributed by atoms with Crippen LogP contribution in [0, 0.1) is 13.8 Å². The van der Waals surface area contributed by atoms with E-state index >= 15 is 0 Å². The monoisotopic (exact) mass is 420 g/mol. The molecule has 7 nitrogen and oxygen atoms in total. The molecule has 152 valence electrons. The first-order chi connectivity index (χ1) is 14.5. The number of hydrogen-bond donors (Lipinski definition) is 1. The molecular formula is C22H21ClN6O. The number of benzene rings is 2. The van der Waals surface area contributed by atoms with Gasteiger partial charge < -0.3 is 9.88 Å². The third-order valence-electron chi connectivity index (χ3n) is 5.51. The molecule has 1 aliphatic rings. The summed E-state index contributed by atoms with van der Waals surface area (Å²) in [7, 11) is 0. The first-order valence-corrected chi connectivity index (χ1v) is 10.3. The average Bonchev–Trinajstić information content (AvgIpc) is 3.30. The lowest BCUT2D eigenvalue weighted by molar-refractivity contribution is 0.0928. The van der Waals surface area contributed by atoms with E-state index in [9.17, 15) is 4.79 Å². The van der Waals surface area contributed by atoms with Crippen molar-refractivity contribution in [3.63, 3.8) is 0 Å². The Morgan fingerprint density at radius 3 is 2.83 bits per heavy atom. The van der Waals surface area contributed by atoms with Crippen LogP contribution in [0.4, 0.5) is 0 Å². The number of nitrogens with zero attached hydrogens (tertiary/aromatic N) is 5. The Balaban J connectivity index is 1.34. The minimum absolute atomic E-state index is 0.0254. The Hall–Kier alpha value is -3.19. The molecule has 1 atom stereocenters. The molecule has 0 bridgehead atoms.